The molecule has 0 unspecified atom stereocenters. The van der Waals surface area contributed by atoms with E-state index in [-0.39, 0.29) is 0 Å². The maximum atomic E-state index is 5.45. The van der Waals surface area contributed by atoms with Crippen LogP contribution in [0.3, 0.4) is 0 Å². The number of rotatable bonds is 2. The number of halogens is 1. The maximum Gasteiger partial charge on any atom is 0.180 e. The molecule has 1 rings (SSSR count). The average Bonchev–Trinajstić information content (AvgIpc) is 2.21. The van der Waals surface area contributed by atoms with E-state index in [1.807, 2.05) is 30.5 Å². The molecule has 0 aliphatic heterocycles. The van der Waals surface area contributed by atoms with Crippen LogP contribution in [0, 0.1) is 0 Å². The van der Waals surface area contributed by atoms with Crippen molar-refractivity contribution in [2.24, 2.45) is 15.9 Å². The Labute approximate surface area is 95.6 Å². The molecule has 0 atom stereocenters. The van der Waals surface area contributed by atoms with Crippen LogP contribution >= 0.6 is 27.7 Å². The van der Waals surface area contributed by atoms with Crippen molar-refractivity contribution >= 4 is 39.1 Å². The van der Waals surface area contributed by atoms with Crippen molar-refractivity contribution in [3.63, 3.8) is 0 Å². The van der Waals surface area contributed by atoms with Gasteiger partial charge in [-0.15, -0.1) is 5.10 Å². The molecule has 74 valence electrons. The Balaban J connectivity index is 2.65. The number of nitrogens with two attached hydrogens (primary N) is 1. The van der Waals surface area contributed by atoms with E-state index < -0.39 is 0 Å². The molecule has 5 heteroatoms. The minimum atomic E-state index is 0.457. The fraction of sp³-hybridized carbons (Fsp3) is 0.111. The lowest BCUT2D eigenvalue weighted by Crippen LogP contribution is -2.03. The average molecular weight is 272 g/mol. The molecule has 2 N–H and O–H groups in total. The summed E-state index contributed by atoms with van der Waals surface area (Å²) in [4.78, 5) is 0. The largest absolute Gasteiger partial charge is 0.377 e. The van der Waals surface area contributed by atoms with Crippen molar-refractivity contribution in [1.29, 1.82) is 0 Å². The van der Waals surface area contributed by atoms with Gasteiger partial charge in [0.05, 0.1) is 6.21 Å². The summed E-state index contributed by atoms with van der Waals surface area (Å²) in [5.41, 5.74) is 6.44. The number of thioether (sulfide) groups is 1. The summed E-state index contributed by atoms with van der Waals surface area (Å²) in [6, 6.07) is 7.78. The quantitative estimate of drug-likeness (QED) is 0.511. The second-order valence-electron chi connectivity index (χ2n) is 2.44. The first kappa shape index (κ1) is 11.3. The molecule has 0 heterocycles. The summed E-state index contributed by atoms with van der Waals surface area (Å²) in [5.74, 6) is 0. The Morgan fingerprint density at radius 2 is 2.07 bits per heavy atom. The van der Waals surface area contributed by atoms with Crippen molar-refractivity contribution in [3.8, 4) is 0 Å². The van der Waals surface area contributed by atoms with Gasteiger partial charge in [-0.1, -0.05) is 39.8 Å². The van der Waals surface area contributed by atoms with Crippen LogP contribution in [0.5, 0.6) is 0 Å². The van der Waals surface area contributed by atoms with Crippen LogP contribution in [-0.4, -0.2) is 17.6 Å². The van der Waals surface area contributed by atoms with E-state index in [4.69, 9.17) is 5.73 Å². The minimum absolute atomic E-state index is 0.457. The first-order valence-corrected chi connectivity index (χ1v) is 5.90. The van der Waals surface area contributed by atoms with E-state index in [1.165, 1.54) is 11.8 Å². The van der Waals surface area contributed by atoms with Crippen molar-refractivity contribution in [1.82, 2.24) is 0 Å². The predicted molar refractivity (Wildman–Crippen MR) is 66.9 cm³/mol. The van der Waals surface area contributed by atoms with Gasteiger partial charge in [0.2, 0.25) is 0 Å². The molecule has 0 fully saturated rings. The highest BCUT2D eigenvalue weighted by molar-refractivity contribution is 9.10. The van der Waals surface area contributed by atoms with E-state index in [1.54, 1.807) is 6.21 Å². The van der Waals surface area contributed by atoms with Gasteiger partial charge in [-0.25, -0.2) is 0 Å². The number of nitrogens with zero attached hydrogens (tertiary/aromatic N) is 2. The Bertz CT molecular complexity index is 346. The van der Waals surface area contributed by atoms with E-state index in [2.05, 4.69) is 26.1 Å². The minimum Gasteiger partial charge on any atom is -0.377 e. The summed E-state index contributed by atoms with van der Waals surface area (Å²) >= 11 is 4.72. The van der Waals surface area contributed by atoms with Gasteiger partial charge >= 0.3 is 0 Å². The summed E-state index contributed by atoms with van der Waals surface area (Å²) in [6.07, 6.45) is 3.52. The highest BCUT2D eigenvalue weighted by atomic mass is 79.9. The van der Waals surface area contributed by atoms with E-state index >= 15 is 0 Å². The van der Waals surface area contributed by atoms with Crippen LogP contribution in [0.25, 0.3) is 0 Å². The molecule has 0 aliphatic carbocycles. The molecule has 14 heavy (non-hydrogen) atoms. The molecule has 0 bridgehead atoms. The van der Waals surface area contributed by atoms with Gasteiger partial charge in [-0.2, -0.15) is 5.10 Å². The molecule has 0 saturated carbocycles. The van der Waals surface area contributed by atoms with Gasteiger partial charge in [0.15, 0.2) is 5.17 Å². The van der Waals surface area contributed by atoms with Crippen molar-refractivity contribution < 1.29 is 0 Å². The van der Waals surface area contributed by atoms with Gasteiger partial charge in [0.25, 0.3) is 0 Å². The maximum absolute atomic E-state index is 5.45. The van der Waals surface area contributed by atoms with Gasteiger partial charge in [0.1, 0.15) is 0 Å². The molecule has 0 radical (unpaired) electrons. The van der Waals surface area contributed by atoms with Crippen LogP contribution in [0.15, 0.2) is 38.9 Å². The third-order valence-electron chi connectivity index (χ3n) is 1.44. The normalized spacial score (nSPS) is 12.3. The zero-order valence-electron chi connectivity index (χ0n) is 7.64. The number of benzene rings is 1. The number of amidine groups is 1. The van der Waals surface area contributed by atoms with Crippen LogP contribution in [0.2, 0.25) is 0 Å². The topological polar surface area (TPSA) is 50.7 Å². The highest BCUT2D eigenvalue weighted by Gasteiger charge is 1.87. The molecular weight excluding hydrogens is 262 g/mol. The van der Waals surface area contributed by atoms with Crippen molar-refractivity contribution in [2.45, 2.75) is 0 Å². The van der Waals surface area contributed by atoms with Gasteiger partial charge < -0.3 is 5.73 Å². The van der Waals surface area contributed by atoms with E-state index in [0.717, 1.165) is 10.0 Å². The molecular formula is C9H10BrN3S. The number of hydrogen-bond acceptors (Lipinski definition) is 3. The van der Waals surface area contributed by atoms with Gasteiger partial charge in [0, 0.05) is 4.47 Å². The van der Waals surface area contributed by atoms with Crippen molar-refractivity contribution in [3.05, 3.63) is 34.3 Å². The zero-order chi connectivity index (χ0) is 10.4. The molecule has 0 amide bonds. The van der Waals surface area contributed by atoms with Crippen LogP contribution in [0.4, 0.5) is 0 Å². The van der Waals surface area contributed by atoms with Crippen molar-refractivity contribution in [2.75, 3.05) is 6.26 Å². The second-order valence-corrected chi connectivity index (χ2v) is 4.18. The fourth-order valence-electron chi connectivity index (χ4n) is 0.742. The first-order valence-electron chi connectivity index (χ1n) is 3.88. The first-order chi connectivity index (χ1) is 6.72. The Kier molecular flexibility index (Phi) is 4.69. The summed E-state index contributed by atoms with van der Waals surface area (Å²) in [5, 5.41) is 8.08. The summed E-state index contributed by atoms with van der Waals surface area (Å²) < 4.78 is 1.04. The predicted octanol–water partition coefficient (Wildman–Crippen LogP) is 2.46. The summed E-state index contributed by atoms with van der Waals surface area (Å²) in [7, 11) is 0. The van der Waals surface area contributed by atoms with Crippen LogP contribution in [0.1, 0.15) is 5.56 Å². The van der Waals surface area contributed by atoms with E-state index in [0.29, 0.717) is 5.17 Å². The van der Waals surface area contributed by atoms with E-state index in [9.17, 15) is 0 Å². The Morgan fingerprint density at radius 1 is 1.43 bits per heavy atom. The van der Waals surface area contributed by atoms with Crippen LogP contribution < -0.4 is 5.73 Å². The smallest absolute Gasteiger partial charge is 0.180 e. The van der Waals surface area contributed by atoms with Gasteiger partial charge in [-0.05, 0) is 24.0 Å². The molecule has 0 spiro atoms. The monoisotopic (exact) mass is 271 g/mol. The third-order valence-corrected chi connectivity index (χ3v) is 2.47. The highest BCUT2D eigenvalue weighted by Crippen LogP contribution is 2.09. The number of hydrogen-bond donors (Lipinski definition) is 1. The Hall–Kier alpha value is -0.810. The SMILES string of the molecule is CS/C(N)=N/N=C\c1ccc(Br)cc1. The van der Waals surface area contributed by atoms with Crippen LogP contribution in [-0.2, 0) is 0 Å². The lowest BCUT2D eigenvalue weighted by molar-refractivity contribution is 1.25. The fourth-order valence-corrected chi connectivity index (χ4v) is 1.14. The Morgan fingerprint density at radius 3 is 2.64 bits per heavy atom. The standard InChI is InChI=1S/C9H10BrN3S/c1-14-9(11)13-12-6-7-2-4-8(10)5-3-7/h2-6H,1H3,(H2,11,13)/b12-6-. The molecule has 1 aromatic rings. The molecule has 0 saturated heterocycles. The molecule has 0 aromatic heterocycles. The lowest BCUT2D eigenvalue weighted by atomic mass is 10.2. The summed E-state index contributed by atoms with van der Waals surface area (Å²) in [6.45, 7) is 0. The molecule has 3 nitrogen and oxygen atoms in total. The molecule has 1 aromatic carbocycles. The lowest BCUT2D eigenvalue weighted by Gasteiger charge is -1.92. The molecule has 0 aliphatic rings. The van der Waals surface area contributed by atoms with Gasteiger partial charge in [-0.3, -0.25) is 0 Å². The zero-order valence-corrected chi connectivity index (χ0v) is 10.0. The second kappa shape index (κ2) is 5.82. The third kappa shape index (κ3) is 3.93.